The van der Waals surface area contributed by atoms with Crippen molar-refractivity contribution in [1.29, 1.82) is 5.26 Å². The molecule has 0 fully saturated rings. The van der Waals surface area contributed by atoms with Crippen molar-refractivity contribution in [3.05, 3.63) is 19.2 Å². The van der Waals surface area contributed by atoms with Gasteiger partial charge in [-0.25, -0.2) is 4.79 Å². The largest absolute Gasteiger partial charge is 0.512 e. The molecule has 0 atom stereocenters. The predicted octanol–water partition coefficient (Wildman–Crippen LogP) is 0.353. The molecule has 0 saturated carbocycles. The Kier molecular flexibility index (Phi) is 11.6. The van der Waals surface area contributed by atoms with E-state index >= 15 is 0 Å². The van der Waals surface area contributed by atoms with Crippen LogP contribution in [0.2, 0.25) is 0 Å². The summed E-state index contributed by atoms with van der Waals surface area (Å²) in [5.41, 5.74) is 0. The van der Waals surface area contributed by atoms with Crippen molar-refractivity contribution < 1.29 is 9.90 Å². The van der Waals surface area contributed by atoms with Crippen LogP contribution in [0.15, 0.2) is 12.7 Å². The predicted molar refractivity (Wildman–Crippen MR) is 22.8 cm³/mol. The van der Waals surface area contributed by atoms with Crippen LogP contribution < -0.4 is 0 Å². The van der Waals surface area contributed by atoms with Crippen LogP contribution in [-0.4, -0.2) is 11.1 Å². The van der Waals surface area contributed by atoms with Crippen LogP contribution >= 0.6 is 0 Å². The molecule has 0 bridgehead atoms. The summed E-state index contributed by atoms with van der Waals surface area (Å²) in [6.07, 6.45) is 0.833. The van der Waals surface area contributed by atoms with E-state index in [0.29, 0.717) is 0 Å². The Balaban J connectivity index is 0. The monoisotopic (exact) mass is 98.0 g/mol. The molecular weight excluding hydrogens is 94.0 g/mol. The summed E-state index contributed by atoms with van der Waals surface area (Å²) >= 11 is 0. The maximum atomic E-state index is 9.25. The minimum absolute atomic E-state index is 0.833. The summed E-state index contributed by atoms with van der Waals surface area (Å²) in [5, 5.41) is 13.9. The highest BCUT2D eigenvalue weighted by atomic mass is 16.4. The topological polar surface area (TPSA) is 61.1 Å². The lowest BCUT2D eigenvalue weighted by molar-refractivity contribution is -0.131. The van der Waals surface area contributed by atoms with Crippen LogP contribution in [0, 0.1) is 11.8 Å². The van der Waals surface area contributed by atoms with E-state index in [4.69, 9.17) is 16.9 Å². The third kappa shape index (κ3) is 69.9. The maximum absolute atomic E-state index is 9.25. The number of hydrogen-bond donors (Lipinski definition) is 1. The van der Waals surface area contributed by atoms with E-state index in [9.17, 15) is 4.79 Å². The zero-order valence-corrected chi connectivity index (χ0v) is 3.59. The number of carbonyl (C=O) groups is 1. The van der Waals surface area contributed by atoms with E-state index in [1.54, 1.807) is 0 Å². The fourth-order valence-corrected chi connectivity index (χ4v) is 0. The summed E-state index contributed by atoms with van der Waals surface area (Å²) in [7, 11) is 0. The number of hydrogen-bond acceptors (Lipinski definition) is 2. The van der Waals surface area contributed by atoms with Crippen LogP contribution in [0.1, 0.15) is 0 Å². The molecule has 0 aliphatic rings. The zero-order valence-electron chi connectivity index (χ0n) is 3.59. The summed E-state index contributed by atoms with van der Waals surface area (Å²) < 4.78 is 0. The number of carboxylic acids is 1. The summed E-state index contributed by atoms with van der Waals surface area (Å²) in [6, 6.07) is 0. The summed E-state index contributed by atoms with van der Waals surface area (Å²) in [4.78, 5) is 9.25. The van der Waals surface area contributed by atoms with Crippen LogP contribution in [0.4, 0.5) is 0 Å². The van der Waals surface area contributed by atoms with Gasteiger partial charge in [-0.1, -0.05) is 6.58 Å². The number of rotatable bonds is 1. The fraction of sp³-hybridized carbons (Fsp3) is 0. The molecule has 0 rings (SSSR count). The molecule has 0 aliphatic carbocycles. The van der Waals surface area contributed by atoms with Crippen molar-refractivity contribution in [2.75, 3.05) is 0 Å². The van der Waals surface area contributed by atoms with Crippen molar-refractivity contribution in [2.24, 2.45) is 0 Å². The second-order valence-corrected chi connectivity index (χ2v) is 0.542. The molecule has 0 aromatic carbocycles. The molecule has 0 unspecified atom stereocenters. The highest BCUT2D eigenvalue weighted by Crippen LogP contribution is 1.54. The van der Waals surface area contributed by atoms with Crippen LogP contribution in [0.5, 0.6) is 0 Å². The van der Waals surface area contributed by atoms with E-state index in [-0.39, 0.29) is 0 Å². The molecule has 1 N–H and O–H groups in total. The highest BCUT2D eigenvalue weighted by Gasteiger charge is 1.73. The Morgan fingerprint density at radius 3 is 2.00 bits per heavy atom. The van der Waals surface area contributed by atoms with Crippen molar-refractivity contribution in [1.82, 2.24) is 0 Å². The van der Waals surface area contributed by atoms with E-state index in [1.807, 2.05) is 0 Å². The third-order valence-electron chi connectivity index (χ3n) is 0.175. The van der Waals surface area contributed by atoms with Crippen LogP contribution in [0.25, 0.3) is 0 Å². The summed E-state index contributed by atoms with van der Waals surface area (Å²) in [6.45, 7) is 7.71. The lowest BCUT2D eigenvalue weighted by atomic mass is 10.7. The van der Waals surface area contributed by atoms with E-state index in [2.05, 4.69) is 6.58 Å². The SMILES string of the molecule is C=CC(=O)O.[C-]#N. The molecule has 0 saturated heterocycles. The van der Waals surface area contributed by atoms with E-state index in [0.717, 1.165) is 6.08 Å². The third-order valence-corrected chi connectivity index (χ3v) is 0.175. The van der Waals surface area contributed by atoms with Gasteiger partial charge in [-0.2, -0.15) is 0 Å². The van der Waals surface area contributed by atoms with Crippen LogP contribution in [0.3, 0.4) is 0 Å². The van der Waals surface area contributed by atoms with Crippen molar-refractivity contribution in [2.45, 2.75) is 0 Å². The first-order valence-corrected chi connectivity index (χ1v) is 1.35. The molecule has 0 amide bonds. The van der Waals surface area contributed by atoms with Gasteiger partial charge in [0, 0.05) is 6.08 Å². The van der Waals surface area contributed by atoms with Gasteiger partial charge in [0.1, 0.15) is 0 Å². The highest BCUT2D eigenvalue weighted by molar-refractivity contribution is 5.78. The molecule has 38 valence electrons. The first kappa shape index (κ1) is 9.20. The van der Waals surface area contributed by atoms with Gasteiger partial charge in [0.15, 0.2) is 0 Å². The van der Waals surface area contributed by atoms with Gasteiger partial charge < -0.3 is 16.9 Å². The zero-order chi connectivity index (χ0) is 6.28. The van der Waals surface area contributed by atoms with Gasteiger partial charge in [-0.05, 0) is 0 Å². The molecule has 0 aliphatic heterocycles. The maximum Gasteiger partial charge on any atom is 0.327 e. The standard InChI is InChI=1S/C3H4O2.CN/c1-2-3(4)5;1-2/h2H,1H2,(H,4,5);/q;-1. The lowest BCUT2D eigenvalue weighted by Crippen LogP contribution is -1.82. The number of carboxylic acid groups (broad SMARTS) is 1. The molecule has 3 heteroatoms. The van der Waals surface area contributed by atoms with Gasteiger partial charge in [0.2, 0.25) is 0 Å². The Hall–Kier alpha value is -1.30. The molecule has 0 radical (unpaired) electrons. The Bertz CT molecular complexity index is 84.9. The smallest absolute Gasteiger partial charge is 0.327 e. The van der Waals surface area contributed by atoms with Crippen molar-refractivity contribution in [3.63, 3.8) is 0 Å². The van der Waals surface area contributed by atoms with Gasteiger partial charge in [-0.3, -0.25) is 0 Å². The second kappa shape index (κ2) is 8.83. The van der Waals surface area contributed by atoms with Gasteiger partial charge in [-0.15, -0.1) is 0 Å². The van der Waals surface area contributed by atoms with Gasteiger partial charge in [0.25, 0.3) is 0 Å². The average Bonchev–Trinajstić information content (AvgIpc) is 1.73. The Labute approximate surface area is 41.5 Å². The molecule has 0 spiro atoms. The molecule has 7 heavy (non-hydrogen) atoms. The number of aliphatic carboxylic acids is 1. The number of nitrogens with zero attached hydrogens (tertiary/aromatic N) is 1. The Morgan fingerprint density at radius 2 is 2.00 bits per heavy atom. The summed E-state index contributed by atoms with van der Waals surface area (Å²) in [5.74, 6) is -0.981. The van der Waals surface area contributed by atoms with Crippen LogP contribution in [-0.2, 0) is 4.79 Å². The molecule has 0 aromatic rings. The van der Waals surface area contributed by atoms with Crippen molar-refractivity contribution >= 4 is 5.97 Å². The quantitative estimate of drug-likeness (QED) is 0.380. The first-order valence-electron chi connectivity index (χ1n) is 1.35. The molecular formula is C4H4NO2-. The Morgan fingerprint density at radius 1 is 1.86 bits per heavy atom. The lowest BCUT2D eigenvalue weighted by Gasteiger charge is -1.64. The van der Waals surface area contributed by atoms with Crippen molar-refractivity contribution in [3.8, 4) is 0 Å². The molecule has 3 nitrogen and oxygen atoms in total. The molecule has 0 aromatic heterocycles. The van der Waals surface area contributed by atoms with Gasteiger partial charge >= 0.3 is 5.97 Å². The average molecular weight is 98.1 g/mol. The minimum Gasteiger partial charge on any atom is -0.512 e. The van der Waals surface area contributed by atoms with Gasteiger partial charge in [0.05, 0.1) is 0 Å². The fourth-order valence-electron chi connectivity index (χ4n) is 0. The minimum atomic E-state index is -0.981. The second-order valence-electron chi connectivity index (χ2n) is 0.542. The first-order chi connectivity index (χ1) is 3.27. The normalized spacial score (nSPS) is 4.86. The van der Waals surface area contributed by atoms with E-state index < -0.39 is 5.97 Å². The van der Waals surface area contributed by atoms with E-state index in [1.165, 1.54) is 0 Å². The molecule has 0 heterocycles.